The summed E-state index contributed by atoms with van der Waals surface area (Å²) >= 11 is 0. The predicted octanol–water partition coefficient (Wildman–Crippen LogP) is 1.21. The van der Waals surface area contributed by atoms with Crippen molar-refractivity contribution in [3.63, 3.8) is 0 Å². The smallest absolute Gasteiger partial charge is 0.240 e. The van der Waals surface area contributed by atoms with Gasteiger partial charge in [-0.15, -0.1) is 5.10 Å². The topological polar surface area (TPSA) is 87.2 Å². The van der Waals surface area contributed by atoms with Gasteiger partial charge in [0, 0.05) is 33.3 Å². The maximum Gasteiger partial charge on any atom is 0.240 e. The van der Waals surface area contributed by atoms with Crippen LogP contribution in [0.2, 0.25) is 0 Å². The Morgan fingerprint density at radius 2 is 1.88 bits per heavy atom. The molecule has 130 valence electrons. The van der Waals surface area contributed by atoms with Crippen LogP contribution in [0.1, 0.15) is 0 Å². The minimum absolute atomic E-state index is 0.0369. The van der Waals surface area contributed by atoms with Gasteiger partial charge in [-0.2, -0.15) is 5.10 Å². The molecule has 1 aromatic carbocycles. The molecule has 0 spiro atoms. The highest BCUT2D eigenvalue weighted by molar-refractivity contribution is 7.89. The number of hydrogen-bond acceptors (Lipinski definition) is 6. The summed E-state index contributed by atoms with van der Waals surface area (Å²) in [4.78, 5) is 1.52. The van der Waals surface area contributed by atoms with Crippen LogP contribution < -0.4 is 14.9 Å². The molecule has 0 unspecified atom stereocenters. The highest BCUT2D eigenvalue weighted by Crippen LogP contribution is 2.14. The number of nitrogens with zero attached hydrogens (tertiary/aromatic N) is 3. The Kier molecular flexibility index (Phi) is 5.62. The van der Waals surface area contributed by atoms with E-state index in [2.05, 4.69) is 20.2 Å². The van der Waals surface area contributed by atoms with Crippen molar-refractivity contribution in [2.24, 2.45) is 0 Å². The third kappa shape index (κ3) is 4.59. The van der Waals surface area contributed by atoms with Crippen LogP contribution in [-0.2, 0) is 10.0 Å². The van der Waals surface area contributed by atoms with Crippen LogP contribution in [-0.4, -0.2) is 45.8 Å². The highest BCUT2D eigenvalue weighted by Gasteiger charge is 2.15. The molecule has 0 saturated heterocycles. The van der Waals surface area contributed by atoms with Crippen molar-refractivity contribution in [1.29, 1.82) is 0 Å². The van der Waals surface area contributed by atoms with Gasteiger partial charge in [0.2, 0.25) is 10.0 Å². The summed E-state index contributed by atoms with van der Waals surface area (Å²) in [5.41, 5.74) is 0.842. The van der Waals surface area contributed by atoms with Crippen LogP contribution in [0.3, 0.4) is 0 Å². The molecule has 10 heteroatoms. The molecule has 2 N–H and O–H groups in total. The van der Waals surface area contributed by atoms with E-state index in [-0.39, 0.29) is 18.0 Å². The lowest BCUT2D eigenvalue weighted by Crippen LogP contribution is -2.29. The summed E-state index contributed by atoms with van der Waals surface area (Å²) in [6.45, 7) is 0.281. The monoisotopic (exact) mass is 357 g/mol. The summed E-state index contributed by atoms with van der Waals surface area (Å²) in [5.74, 6) is -1.82. The first-order valence-corrected chi connectivity index (χ1v) is 8.46. The first-order chi connectivity index (χ1) is 11.3. The van der Waals surface area contributed by atoms with Crippen molar-refractivity contribution < 1.29 is 17.2 Å². The molecule has 0 aliphatic heterocycles. The van der Waals surface area contributed by atoms with Gasteiger partial charge in [0.1, 0.15) is 0 Å². The Morgan fingerprint density at radius 1 is 1.12 bits per heavy atom. The van der Waals surface area contributed by atoms with E-state index in [1.807, 2.05) is 19.0 Å². The van der Waals surface area contributed by atoms with Crippen LogP contribution in [0.5, 0.6) is 0 Å². The maximum atomic E-state index is 13.1. The summed E-state index contributed by atoms with van der Waals surface area (Å²) in [6.07, 6.45) is 1.59. The number of anilines is 2. The van der Waals surface area contributed by atoms with Gasteiger partial charge in [0.05, 0.1) is 16.8 Å². The SMILES string of the molecule is CN(C)c1cnnc(NCCNS(=O)(=O)c2ccc(F)c(F)c2)c1. The van der Waals surface area contributed by atoms with Gasteiger partial charge in [-0.05, 0) is 18.2 Å². The maximum absolute atomic E-state index is 13.1. The van der Waals surface area contributed by atoms with E-state index in [1.54, 1.807) is 12.3 Å². The zero-order chi connectivity index (χ0) is 17.7. The Labute approximate surface area is 138 Å². The molecule has 0 aliphatic rings. The Morgan fingerprint density at radius 3 is 2.54 bits per heavy atom. The Bertz CT molecular complexity index is 815. The molecule has 2 aromatic rings. The van der Waals surface area contributed by atoms with Gasteiger partial charge >= 0.3 is 0 Å². The first kappa shape index (κ1) is 18.0. The van der Waals surface area contributed by atoms with Crippen molar-refractivity contribution in [2.45, 2.75) is 4.90 Å². The van der Waals surface area contributed by atoms with E-state index in [0.29, 0.717) is 11.9 Å². The van der Waals surface area contributed by atoms with E-state index < -0.39 is 21.7 Å². The van der Waals surface area contributed by atoms with E-state index in [4.69, 9.17) is 0 Å². The number of aromatic nitrogens is 2. The fraction of sp³-hybridized carbons (Fsp3) is 0.286. The minimum Gasteiger partial charge on any atom is -0.376 e. The van der Waals surface area contributed by atoms with Gasteiger partial charge in [0.15, 0.2) is 17.5 Å². The molecule has 0 fully saturated rings. The molecule has 0 bridgehead atoms. The minimum atomic E-state index is -3.92. The van der Waals surface area contributed by atoms with E-state index in [0.717, 1.165) is 17.8 Å². The number of sulfonamides is 1. The number of nitrogens with one attached hydrogen (secondary N) is 2. The zero-order valence-corrected chi connectivity index (χ0v) is 13.9. The number of rotatable bonds is 7. The van der Waals surface area contributed by atoms with Crippen LogP contribution in [0.15, 0.2) is 35.4 Å². The van der Waals surface area contributed by atoms with Gasteiger partial charge in [0.25, 0.3) is 0 Å². The second-order valence-corrected chi connectivity index (χ2v) is 6.86. The fourth-order valence-electron chi connectivity index (χ4n) is 1.79. The number of halogens is 2. The highest BCUT2D eigenvalue weighted by atomic mass is 32.2. The van der Waals surface area contributed by atoms with Crippen LogP contribution in [0.4, 0.5) is 20.3 Å². The van der Waals surface area contributed by atoms with Crippen LogP contribution >= 0.6 is 0 Å². The predicted molar refractivity (Wildman–Crippen MR) is 86.4 cm³/mol. The van der Waals surface area contributed by atoms with E-state index in [9.17, 15) is 17.2 Å². The van der Waals surface area contributed by atoms with Crippen LogP contribution in [0.25, 0.3) is 0 Å². The lowest BCUT2D eigenvalue weighted by Gasteiger charge is -2.13. The summed E-state index contributed by atoms with van der Waals surface area (Å²) in [6, 6.07) is 4.17. The molecule has 0 aliphatic carbocycles. The quantitative estimate of drug-likeness (QED) is 0.725. The third-order valence-electron chi connectivity index (χ3n) is 3.08. The Hall–Kier alpha value is -2.33. The van der Waals surface area contributed by atoms with Crippen LogP contribution in [0, 0.1) is 11.6 Å². The second-order valence-electron chi connectivity index (χ2n) is 5.09. The lowest BCUT2D eigenvalue weighted by atomic mass is 10.3. The molecule has 24 heavy (non-hydrogen) atoms. The molecule has 0 saturated carbocycles. The normalized spacial score (nSPS) is 11.3. The molecule has 2 rings (SSSR count). The third-order valence-corrected chi connectivity index (χ3v) is 4.54. The van der Waals surface area contributed by atoms with E-state index in [1.165, 1.54) is 0 Å². The van der Waals surface area contributed by atoms with Gasteiger partial charge < -0.3 is 10.2 Å². The molecule has 7 nitrogen and oxygen atoms in total. The summed E-state index contributed by atoms with van der Waals surface area (Å²) in [5, 5.41) is 10.6. The molecule has 0 amide bonds. The summed E-state index contributed by atoms with van der Waals surface area (Å²) in [7, 11) is -0.201. The molecule has 0 radical (unpaired) electrons. The number of hydrogen-bond donors (Lipinski definition) is 2. The van der Waals surface area contributed by atoms with Gasteiger partial charge in [-0.1, -0.05) is 0 Å². The zero-order valence-electron chi connectivity index (χ0n) is 13.1. The molecular formula is C14H17F2N5O2S. The average Bonchev–Trinajstić information content (AvgIpc) is 2.54. The van der Waals surface area contributed by atoms with Crippen molar-refractivity contribution in [3.05, 3.63) is 42.1 Å². The number of benzene rings is 1. The summed E-state index contributed by atoms with van der Waals surface area (Å²) < 4.78 is 52.2. The fourth-order valence-corrected chi connectivity index (χ4v) is 2.83. The largest absolute Gasteiger partial charge is 0.376 e. The standard InChI is InChI=1S/C14H17F2N5O2S/c1-21(2)10-7-14(20-18-9-10)17-5-6-19-24(22,23)11-3-4-12(15)13(16)8-11/h3-4,7-9,19H,5-6H2,1-2H3,(H,17,20). The molecule has 0 atom stereocenters. The van der Waals surface area contributed by atoms with E-state index >= 15 is 0 Å². The van der Waals surface area contributed by atoms with Crippen molar-refractivity contribution in [1.82, 2.24) is 14.9 Å². The Balaban J connectivity index is 1.91. The lowest BCUT2D eigenvalue weighted by molar-refractivity contribution is 0.504. The second kappa shape index (κ2) is 7.49. The van der Waals surface area contributed by atoms with Crippen molar-refractivity contribution in [2.75, 3.05) is 37.4 Å². The van der Waals surface area contributed by atoms with Gasteiger partial charge in [-0.3, -0.25) is 0 Å². The molecule has 1 aromatic heterocycles. The molecule has 1 heterocycles. The average molecular weight is 357 g/mol. The van der Waals surface area contributed by atoms with Crippen molar-refractivity contribution in [3.8, 4) is 0 Å². The molecular weight excluding hydrogens is 340 g/mol. The van der Waals surface area contributed by atoms with Gasteiger partial charge in [-0.25, -0.2) is 21.9 Å². The first-order valence-electron chi connectivity index (χ1n) is 6.98. The van der Waals surface area contributed by atoms with Crippen molar-refractivity contribution >= 4 is 21.5 Å².